The predicted octanol–water partition coefficient (Wildman–Crippen LogP) is 19.8. The lowest BCUT2D eigenvalue weighted by atomic mass is 9.83. The third-order valence-corrected chi connectivity index (χ3v) is 16.3. The molecule has 0 saturated carbocycles. The van der Waals surface area contributed by atoms with Crippen LogP contribution in [0.3, 0.4) is 0 Å². The summed E-state index contributed by atoms with van der Waals surface area (Å²) < 4.78 is 0. The molecule has 0 spiro atoms. The minimum Gasteiger partial charge on any atom is -0.247 e. The molecule has 2 aromatic heterocycles. The maximum atomic E-state index is 5.79. The van der Waals surface area contributed by atoms with Crippen LogP contribution in [-0.4, -0.2) is 9.97 Å². The Labute approximate surface area is 420 Å². The van der Waals surface area contributed by atoms with Crippen LogP contribution in [0, 0.1) is 0 Å². The monoisotopic (exact) mass is 922 g/mol. The number of benzene rings is 12. The highest BCUT2D eigenvalue weighted by Gasteiger charge is 2.26. The number of aromatic nitrogens is 2. The smallest absolute Gasteiger partial charge is 0.0801 e. The van der Waals surface area contributed by atoms with Crippen LogP contribution in [0.1, 0.15) is 75.6 Å². The van der Waals surface area contributed by atoms with Gasteiger partial charge in [0, 0.05) is 32.3 Å². The van der Waals surface area contributed by atoms with E-state index in [0.29, 0.717) is 11.8 Å². The fourth-order valence-electron chi connectivity index (χ4n) is 12.5. The molecule has 0 unspecified atom stereocenters. The van der Waals surface area contributed by atoms with Crippen molar-refractivity contribution in [2.75, 3.05) is 0 Å². The van der Waals surface area contributed by atoms with Crippen molar-refractivity contribution < 1.29 is 0 Å². The number of pyridine rings is 2. The zero-order valence-corrected chi connectivity index (χ0v) is 41.8. The van der Waals surface area contributed by atoms with E-state index in [2.05, 4.69) is 224 Å². The normalized spacial score (nSPS) is 12.4. The van der Waals surface area contributed by atoms with E-state index in [1.807, 2.05) is 0 Å². The average Bonchev–Trinajstić information content (AvgIpc) is 3.42. The molecular weight excluding hydrogens is 869 g/mol. The third kappa shape index (κ3) is 6.34. The lowest BCUT2D eigenvalue weighted by Crippen LogP contribution is -1.99. The molecule has 0 atom stereocenters. The third-order valence-electron chi connectivity index (χ3n) is 16.3. The molecule has 14 aromatic rings. The Hall–Kier alpha value is -8.20. The fourth-order valence-corrected chi connectivity index (χ4v) is 12.5. The van der Waals surface area contributed by atoms with E-state index < -0.39 is 0 Å². The van der Waals surface area contributed by atoms with Crippen molar-refractivity contribution in [3.63, 3.8) is 0 Å². The first kappa shape index (κ1) is 42.7. The van der Waals surface area contributed by atoms with E-state index >= 15 is 0 Å². The van der Waals surface area contributed by atoms with Gasteiger partial charge in [0.15, 0.2) is 0 Å². The summed E-state index contributed by atoms with van der Waals surface area (Å²) >= 11 is 0. The second-order valence-corrected chi connectivity index (χ2v) is 20.9. The molecule has 0 aliphatic carbocycles. The van der Waals surface area contributed by atoms with Crippen molar-refractivity contribution in [3.8, 4) is 44.5 Å². The van der Waals surface area contributed by atoms with Crippen LogP contribution in [-0.2, 0) is 12.8 Å². The number of hydrogen-bond donors (Lipinski definition) is 0. The Morgan fingerprint density at radius 3 is 1.10 bits per heavy atom. The number of rotatable bonds is 8. The van der Waals surface area contributed by atoms with Gasteiger partial charge in [0.1, 0.15) is 0 Å². The van der Waals surface area contributed by atoms with E-state index in [9.17, 15) is 0 Å². The van der Waals surface area contributed by atoms with Gasteiger partial charge in [-0.3, -0.25) is 0 Å². The highest BCUT2D eigenvalue weighted by atomic mass is 14.7. The van der Waals surface area contributed by atoms with E-state index in [1.54, 1.807) is 0 Å². The minimum absolute atomic E-state index is 0.474. The summed E-state index contributed by atoms with van der Waals surface area (Å²) in [5, 5.41) is 17.0. The van der Waals surface area contributed by atoms with Gasteiger partial charge in [0.2, 0.25) is 0 Å². The number of fused-ring (bicyclic) bond motifs is 6. The molecule has 0 fully saturated rings. The van der Waals surface area contributed by atoms with Crippen molar-refractivity contribution in [2.45, 2.75) is 66.2 Å². The molecule has 0 bridgehead atoms. The second-order valence-electron chi connectivity index (χ2n) is 20.9. The largest absolute Gasteiger partial charge is 0.247 e. The van der Waals surface area contributed by atoms with Crippen LogP contribution < -0.4 is 0 Å². The molecule has 0 N–H and O–H groups in total. The van der Waals surface area contributed by atoms with Crippen molar-refractivity contribution in [3.05, 3.63) is 204 Å². The number of nitrogens with zero attached hydrogens (tertiary/aromatic N) is 2. The molecule has 344 valence electrons. The summed E-state index contributed by atoms with van der Waals surface area (Å²) in [7, 11) is 0. The van der Waals surface area contributed by atoms with E-state index in [1.165, 1.54) is 131 Å². The number of hydrogen-bond acceptors (Lipinski definition) is 2. The predicted molar refractivity (Wildman–Crippen MR) is 311 cm³/mol. The van der Waals surface area contributed by atoms with Crippen molar-refractivity contribution in [1.82, 2.24) is 9.97 Å². The van der Waals surface area contributed by atoms with Gasteiger partial charge < -0.3 is 0 Å². The Morgan fingerprint density at radius 2 is 0.694 bits per heavy atom. The summed E-state index contributed by atoms with van der Waals surface area (Å²) in [5.74, 6) is 0.948. The van der Waals surface area contributed by atoms with Crippen LogP contribution in [0.15, 0.2) is 182 Å². The van der Waals surface area contributed by atoms with Crippen LogP contribution >= 0.6 is 0 Å². The maximum Gasteiger partial charge on any atom is 0.0801 e. The zero-order chi connectivity index (χ0) is 48.5. The summed E-state index contributed by atoms with van der Waals surface area (Å²) in [6.07, 6.45) is 1.99. The maximum absolute atomic E-state index is 5.79. The standard InChI is InChI=1S/C70H54N2/c1-7-41-11-9-13-49-35-51(25-27-53(41)49)63-57-31-33-61-67-65(57)69(55-29-23-47(37-59(55)63)45-19-15-43(16-20-45)39(3)4)71-62-34-32-58-64(52-26-28-54-42(8-2)12-10-14-50(54)36-52)60-38-48(46-21-17-44(18-22-46)40(5)6)24-30-56(60)70(72-61)66(58)68(62)67/h9-40H,7-8H2,1-6H3. The molecule has 0 amide bonds. The van der Waals surface area contributed by atoms with Crippen LogP contribution in [0.2, 0.25) is 0 Å². The van der Waals surface area contributed by atoms with Crippen molar-refractivity contribution in [2.24, 2.45) is 0 Å². The first-order valence-corrected chi connectivity index (χ1v) is 26.1. The summed E-state index contributed by atoms with van der Waals surface area (Å²) in [4.78, 5) is 11.6. The first-order valence-electron chi connectivity index (χ1n) is 26.1. The van der Waals surface area contributed by atoms with E-state index in [0.717, 1.165) is 45.7 Å². The van der Waals surface area contributed by atoms with Crippen molar-refractivity contribution in [1.29, 1.82) is 0 Å². The van der Waals surface area contributed by atoms with Crippen LogP contribution in [0.25, 0.3) is 142 Å². The van der Waals surface area contributed by atoms with Gasteiger partial charge in [-0.15, -0.1) is 0 Å². The van der Waals surface area contributed by atoms with Gasteiger partial charge in [-0.05, 0) is 171 Å². The van der Waals surface area contributed by atoms with Gasteiger partial charge in [0.25, 0.3) is 0 Å². The Kier molecular flexibility index (Phi) is 9.58. The molecule has 2 heterocycles. The quantitative estimate of drug-likeness (QED) is 0.112. The molecule has 0 aliphatic rings. The number of aryl methyl sites for hydroxylation is 2. The van der Waals surface area contributed by atoms with Gasteiger partial charge >= 0.3 is 0 Å². The molecule has 2 nitrogen and oxygen atoms in total. The van der Waals surface area contributed by atoms with Crippen molar-refractivity contribution >= 4 is 97.5 Å². The Bertz CT molecular complexity index is 4210. The zero-order valence-electron chi connectivity index (χ0n) is 41.8. The molecule has 2 heteroatoms. The first-order chi connectivity index (χ1) is 35.2. The summed E-state index contributed by atoms with van der Waals surface area (Å²) in [6.45, 7) is 13.5. The van der Waals surface area contributed by atoms with Gasteiger partial charge in [-0.2, -0.15) is 0 Å². The van der Waals surface area contributed by atoms with Crippen LogP contribution in [0.5, 0.6) is 0 Å². The van der Waals surface area contributed by atoms with Gasteiger partial charge in [-0.1, -0.05) is 187 Å². The summed E-state index contributed by atoms with van der Waals surface area (Å²) in [5.41, 5.74) is 19.2. The molecule has 0 aliphatic heterocycles. The topological polar surface area (TPSA) is 25.8 Å². The Balaban J connectivity index is 1.10. The lowest BCUT2D eigenvalue weighted by Gasteiger charge is -2.22. The second kappa shape index (κ2) is 16.2. The fraction of sp³-hybridized carbons (Fsp3) is 0.143. The lowest BCUT2D eigenvalue weighted by molar-refractivity contribution is 0.867. The highest BCUT2D eigenvalue weighted by Crippen LogP contribution is 2.51. The molecule has 0 saturated heterocycles. The Morgan fingerprint density at radius 1 is 0.319 bits per heavy atom. The molecule has 0 radical (unpaired) electrons. The van der Waals surface area contributed by atoms with Gasteiger partial charge in [0.05, 0.1) is 22.1 Å². The van der Waals surface area contributed by atoms with Crippen LogP contribution in [0.4, 0.5) is 0 Å². The molecule has 14 rings (SSSR count). The SMILES string of the molecule is CCc1cccc2cc(-c3c4cc(-c5ccc(C(C)C)cc5)ccc4c4nc5ccc6c(-c7ccc8c(CC)cccc8c7)c7cc(-c8ccc(C(C)C)cc8)ccc7c7nc8ccc3c4c8c5c67)ccc12. The molecular formula is C70H54N2. The van der Waals surface area contributed by atoms with E-state index in [4.69, 9.17) is 9.97 Å². The molecule has 12 aromatic carbocycles. The van der Waals surface area contributed by atoms with E-state index in [-0.39, 0.29) is 0 Å². The summed E-state index contributed by atoms with van der Waals surface area (Å²) in [6, 6.07) is 69.4. The van der Waals surface area contributed by atoms with Gasteiger partial charge in [-0.25, -0.2) is 9.97 Å². The average molecular weight is 923 g/mol. The highest BCUT2D eigenvalue weighted by molar-refractivity contribution is 6.41. The molecule has 72 heavy (non-hydrogen) atoms. The minimum atomic E-state index is 0.474.